The van der Waals surface area contributed by atoms with Crippen molar-refractivity contribution in [2.45, 2.75) is 11.3 Å². The molecule has 0 aliphatic carbocycles. The molecule has 2 rings (SSSR count). The van der Waals surface area contributed by atoms with Gasteiger partial charge >= 0.3 is 0 Å². The smallest absolute Gasteiger partial charge is 0.184 e. The van der Waals surface area contributed by atoms with Gasteiger partial charge in [0.15, 0.2) is 5.11 Å². The summed E-state index contributed by atoms with van der Waals surface area (Å²) in [6.45, 7) is 0. The lowest BCUT2D eigenvalue weighted by Crippen LogP contribution is -2.26. The zero-order chi connectivity index (χ0) is 11.5. The molecule has 1 aliphatic rings. The van der Waals surface area contributed by atoms with E-state index in [4.69, 9.17) is 5.73 Å². The second-order valence-electron chi connectivity index (χ2n) is 3.27. The molecule has 1 heterocycles. The summed E-state index contributed by atoms with van der Waals surface area (Å²) in [5.41, 5.74) is 9.45. The van der Waals surface area contributed by atoms with Crippen LogP contribution in [0.1, 0.15) is 12.0 Å². The molecule has 0 fully saturated rings. The van der Waals surface area contributed by atoms with Crippen molar-refractivity contribution < 1.29 is 4.39 Å². The quantitative estimate of drug-likeness (QED) is 0.594. The Morgan fingerprint density at radius 1 is 1.56 bits per heavy atom. The first-order valence-corrected chi connectivity index (χ1v) is 6.11. The number of hydrogen-bond acceptors (Lipinski definition) is 3. The third kappa shape index (κ3) is 2.51. The molecule has 1 aliphatic heterocycles. The number of hydrazone groups is 1. The van der Waals surface area contributed by atoms with Gasteiger partial charge in [-0.25, -0.2) is 4.39 Å². The molecule has 3 nitrogen and oxygen atoms in total. The molecule has 0 radical (unpaired) electrons. The van der Waals surface area contributed by atoms with E-state index in [2.05, 4.69) is 22.7 Å². The number of nitrogens with one attached hydrogen (secondary N) is 1. The Labute approximate surface area is 102 Å². The maximum absolute atomic E-state index is 13.1. The van der Waals surface area contributed by atoms with Crippen molar-refractivity contribution in [3.05, 3.63) is 29.6 Å². The first-order valence-electron chi connectivity index (χ1n) is 4.71. The van der Waals surface area contributed by atoms with Crippen molar-refractivity contribution in [2.24, 2.45) is 10.8 Å². The molecule has 1 aromatic rings. The van der Waals surface area contributed by atoms with E-state index < -0.39 is 0 Å². The normalized spacial score (nSPS) is 16.9. The molecule has 0 aromatic heterocycles. The SMILES string of the molecule is NC(=S)NN=C1CCSc2ccc(F)cc21. The molecule has 6 heteroatoms. The summed E-state index contributed by atoms with van der Waals surface area (Å²) in [5, 5.41) is 4.20. The van der Waals surface area contributed by atoms with Crippen LogP contribution in [0.3, 0.4) is 0 Å². The number of benzene rings is 1. The topological polar surface area (TPSA) is 50.4 Å². The summed E-state index contributed by atoms with van der Waals surface area (Å²) < 4.78 is 13.1. The summed E-state index contributed by atoms with van der Waals surface area (Å²) >= 11 is 6.36. The van der Waals surface area contributed by atoms with Gasteiger partial charge in [0, 0.05) is 22.6 Å². The van der Waals surface area contributed by atoms with Crippen LogP contribution < -0.4 is 11.2 Å². The van der Waals surface area contributed by atoms with E-state index in [0.29, 0.717) is 0 Å². The Kier molecular flexibility index (Phi) is 3.40. The van der Waals surface area contributed by atoms with Crippen LogP contribution in [0.4, 0.5) is 4.39 Å². The first kappa shape index (κ1) is 11.3. The molecule has 16 heavy (non-hydrogen) atoms. The monoisotopic (exact) mass is 255 g/mol. The number of hydrogen-bond donors (Lipinski definition) is 2. The zero-order valence-electron chi connectivity index (χ0n) is 8.37. The van der Waals surface area contributed by atoms with Gasteiger partial charge in [0.25, 0.3) is 0 Å². The fourth-order valence-corrected chi connectivity index (χ4v) is 2.54. The second kappa shape index (κ2) is 4.80. The zero-order valence-corrected chi connectivity index (χ0v) is 10.00. The summed E-state index contributed by atoms with van der Waals surface area (Å²) in [6, 6.07) is 4.71. The van der Waals surface area contributed by atoms with Crippen molar-refractivity contribution in [1.82, 2.24) is 5.43 Å². The highest BCUT2D eigenvalue weighted by molar-refractivity contribution is 7.99. The van der Waals surface area contributed by atoms with Crippen molar-refractivity contribution in [2.75, 3.05) is 5.75 Å². The summed E-state index contributed by atoms with van der Waals surface area (Å²) in [5.74, 6) is 0.667. The predicted octanol–water partition coefficient (Wildman–Crippen LogP) is 1.86. The average molecular weight is 255 g/mol. The minimum atomic E-state index is -0.260. The van der Waals surface area contributed by atoms with Gasteiger partial charge in [-0.2, -0.15) is 5.10 Å². The molecule has 0 atom stereocenters. The van der Waals surface area contributed by atoms with Gasteiger partial charge in [0.2, 0.25) is 0 Å². The van der Waals surface area contributed by atoms with Gasteiger partial charge in [0.1, 0.15) is 5.82 Å². The van der Waals surface area contributed by atoms with Crippen LogP contribution in [0.5, 0.6) is 0 Å². The molecule has 84 valence electrons. The summed E-state index contributed by atoms with van der Waals surface area (Å²) in [4.78, 5) is 1.04. The molecule has 0 saturated heterocycles. The maximum atomic E-state index is 13.1. The van der Waals surface area contributed by atoms with Crippen molar-refractivity contribution in [1.29, 1.82) is 0 Å². The number of nitrogens with zero attached hydrogens (tertiary/aromatic N) is 1. The Morgan fingerprint density at radius 2 is 2.38 bits per heavy atom. The molecule has 0 amide bonds. The lowest BCUT2D eigenvalue weighted by atomic mass is 10.1. The molecular formula is C10H10FN3S2. The number of rotatable bonds is 1. The summed E-state index contributed by atoms with van der Waals surface area (Å²) in [7, 11) is 0. The van der Waals surface area contributed by atoms with Crippen molar-refractivity contribution in [3.63, 3.8) is 0 Å². The van der Waals surface area contributed by atoms with E-state index >= 15 is 0 Å². The highest BCUT2D eigenvalue weighted by Crippen LogP contribution is 2.30. The molecular weight excluding hydrogens is 245 g/mol. The third-order valence-corrected chi connectivity index (χ3v) is 3.32. The van der Waals surface area contributed by atoms with Crippen molar-refractivity contribution in [3.8, 4) is 0 Å². The number of thioether (sulfide) groups is 1. The van der Waals surface area contributed by atoms with Crippen LogP contribution in [0.2, 0.25) is 0 Å². The van der Waals surface area contributed by atoms with Gasteiger partial charge in [-0.1, -0.05) is 0 Å². The number of halogens is 1. The van der Waals surface area contributed by atoms with Crippen LogP contribution in [-0.2, 0) is 0 Å². The van der Waals surface area contributed by atoms with E-state index in [9.17, 15) is 4.39 Å². The Hall–Kier alpha value is -1.14. The molecule has 0 unspecified atom stereocenters. The van der Waals surface area contributed by atoms with E-state index in [1.807, 2.05) is 0 Å². The lowest BCUT2D eigenvalue weighted by molar-refractivity contribution is 0.626. The van der Waals surface area contributed by atoms with E-state index in [0.717, 1.165) is 28.3 Å². The van der Waals surface area contributed by atoms with Crippen LogP contribution in [0.25, 0.3) is 0 Å². The number of fused-ring (bicyclic) bond motifs is 1. The van der Waals surface area contributed by atoms with Gasteiger partial charge < -0.3 is 5.73 Å². The molecule has 0 bridgehead atoms. The number of thiocarbonyl (C=S) groups is 1. The molecule has 1 aromatic carbocycles. The fraction of sp³-hybridized carbons (Fsp3) is 0.200. The molecule has 3 N–H and O–H groups in total. The predicted molar refractivity (Wildman–Crippen MR) is 68.2 cm³/mol. The highest BCUT2D eigenvalue weighted by Gasteiger charge is 2.16. The highest BCUT2D eigenvalue weighted by atomic mass is 32.2. The first-order chi connectivity index (χ1) is 7.66. The van der Waals surface area contributed by atoms with Crippen molar-refractivity contribution >= 4 is 34.8 Å². The van der Waals surface area contributed by atoms with Gasteiger partial charge in [-0.3, -0.25) is 5.43 Å². The largest absolute Gasteiger partial charge is 0.375 e. The van der Waals surface area contributed by atoms with Crippen LogP contribution in [0.15, 0.2) is 28.2 Å². The third-order valence-electron chi connectivity index (χ3n) is 2.15. The van der Waals surface area contributed by atoms with E-state index in [1.54, 1.807) is 17.8 Å². The number of nitrogens with two attached hydrogens (primary N) is 1. The minimum Gasteiger partial charge on any atom is -0.375 e. The van der Waals surface area contributed by atoms with Gasteiger partial charge in [0.05, 0.1) is 5.71 Å². The van der Waals surface area contributed by atoms with Crippen LogP contribution >= 0.6 is 24.0 Å². The van der Waals surface area contributed by atoms with Gasteiger partial charge in [-0.15, -0.1) is 11.8 Å². The molecule has 0 saturated carbocycles. The second-order valence-corrected chi connectivity index (χ2v) is 4.85. The molecule has 0 spiro atoms. The standard InChI is InChI=1S/C10H10FN3S2/c11-6-1-2-9-7(5-6)8(3-4-16-9)13-14-10(12)15/h1-2,5H,3-4H2,(H3,12,14,15). The van der Waals surface area contributed by atoms with Crippen LogP contribution in [0, 0.1) is 5.82 Å². The maximum Gasteiger partial charge on any atom is 0.184 e. The van der Waals surface area contributed by atoms with Crippen LogP contribution in [-0.4, -0.2) is 16.6 Å². The fourth-order valence-electron chi connectivity index (χ4n) is 1.48. The Morgan fingerprint density at radius 3 is 3.12 bits per heavy atom. The average Bonchev–Trinajstić information content (AvgIpc) is 2.26. The van der Waals surface area contributed by atoms with Gasteiger partial charge in [-0.05, 0) is 30.4 Å². The minimum absolute atomic E-state index is 0.115. The Bertz CT molecular complexity index is 459. The van der Waals surface area contributed by atoms with E-state index in [1.165, 1.54) is 12.1 Å². The summed E-state index contributed by atoms with van der Waals surface area (Å²) in [6.07, 6.45) is 0.775. The lowest BCUT2D eigenvalue weighted by Gasteiger charge is -2.17. The van der Waals surface area contributed by atoms with E-state index in [-0.39, 0.29) is 10.9 Å². The Balaban J connectivity index is 2.35.